The molecule has 1 unspecified atom stereocenters. The van der Waals surface area contributed by atoms with Gasteiger partial charge in [0.1, 0.15) is 5.82 Å². The molecule has 1 N–H and O–H groups in total. The summed E-state index contributed by atoms with van der Waals surface area (Å²) in [6.07, 6.45) is 1.07. The van der Waals surface area contributed by atoms with Gasteiger partial charge in [0.25, 0.3) is 0 Å². The summed E-state index contributed by atoms with van der Waals surface area (Å²) >= 11 is 6.10. The molecule has 0 bridgehead atoms. The summed E-state index contributed by atoms with van der Waals surface area (Å²) in [4.78, 5) is 14.3. The quantitative estimate of drug-likeness (QED) is 0.685. The Morgan fingerprint density at radius 3 is 2.59 bits per heavy atom. The number of amides is 1. The number of rotatable bonds is 5. The largest absolute Gasteiger partial charge is 0.412 e. The second kappa shape index (κ2) is 8.19. The van der Waals surface area contributed by atoms with Gasteiger partial charge in [-0.05, 0) is 49.2 Å². The Balaban J connectivity index is 2.26. The average Bonchev–Trinajstić information content (AvgIpc) is 2.54. The first-order valence-corrected chi connectivity index (χ1v) is 12.7. The maximum atomic E-state index is 13.9. The molecular formula is C20H31ClFNO3Si. The number of likely N-dealkylation sites (tertiary alicyclic amines) is 1. The Kier molecular flexibility index (Phi) is 6.78. The van der Waals surface area contributed by atoms with Gasteiger partial charge in [-0.15, -0.1) is 0 Å². The van der Waals surface area contributed by atoms with Crippen molar-refractivity contribution in [3.8, 4) is 0 Å². The van der Waals surface area contributed by atoms with Crippen LogP contribution in [0.5, 0.6) is 0 Å². The Bertz CT molecular complexity index is 705. The van der Waals surface area contributed by atoms with E-state index in [1.54, 1.807) is 4.90 Å². The summed E-state index contributed by atoms with van der Waals surface area (Å²) in [6.45, 7) is 13.0. The Morgan fingerprint density at radius 1 is 1.41 bits per heavy atom. The lowest BCUT2D eigenvalue weighted by molar-refractivity contribution is -0.139. The van der Waals surface area contributed by atoms with Crippen LogP contribution in [0.2, 0.25) is 23.2 Å². The minimum absolute atomic E-state index is 0.0156. The second-order valence-electron chi connectivity index (χ2n) is 8.87. The molecule has 0 saturated carbocycles. The summed E-state index contributed by atoms with van der Waals surface area (Å²) in [5.41, 5.74) is 1.01. The summed E-state index contributed by atoms with van der Waals surface area (Å²) in [5, 5.41) is 9.94. The summed E-state index contributed by atoms with van der Waals surface area (Å²) in [5.74, 6) is -0.459. The van der Waals surface area contributed by atoms with Crippen molar-refractivity contribution in [3.05, 3.63) is 34.1 Å². The molecule has 1 amide bonds. The highest BCUT2D eigenvalue weighted by Crippen LogP contribution is 2.39. The maximum Gasteiger partial charge on any atom is 0.223 e. The smallest absolute Gasteiger partial charge is 0.223 e. The molecular weight excluding hydrogens is 385 g/mol. The first-order valence-electron chi connectivity index (χ1n) is 9.43. The molecule has 4 nitrogen and oxygen atoms in total. The summed E-state index contributed by atoms with van der Waals surface area (Å²) in [6, 6.07) is 2.15. The van der Waals surface area contributed by atoms with Gasteiger partial charge in [-0.2, -0.15) is 0 Å². The number of hydrogen-bond donors (Lipinski definition) is 1. The number of nitrogens with zero attached hydrogens (tertiary/aromatic N) is 1. The number of carbonyl (C=O) groups is 1. The van der Waals surface area contributed by atoms with E-state index in [0.29, 0.717) is 30.5 Å². The molecule has 1 aliphatic rings. The number of aliphatic hydroxyl groups is 1. The van der Waals surface area contributed by atoms with Crippen molar-refractivity contribution in [2.45, 2.75) is 77.4 Å². The standard InChI is InChI=1S/C20H31ClFNO3Si/c1-13(16-9-14(22)10-18(21)17(16)12-24)23-11-15(7-8-19(23)25)26-27(5,6)20(2,3)4/h9-10,13,15,24H,7-8,11-12H2,1-6H3/t13-,15?/m0/s1. The van der Waals surface area contributed by atoms with Gasteiger partial charge in [-0.3, -0.25) is 4.79 Å². The molecule has 0 aliphatic carbocycles. The number of halogens is 2. The molecule has 1 aliphatic heterocycles. The van der Waals surface area contributed by atoms with E-state index >= 15 is 0 Å². The third-order valence-electron chi connectivity index (χ3n) is 5.94. The summed E-state index contributed by atoms with van der Waals surface area (Å²) in [7, 11) is -1.95. The van der Waals surface area contributed by atoms with Gasteiger partial charge in [0.05, 0.1) is 18.8 Å². The number of piperidine rings is 1. The number of carbonyl (C=O) groups excluding carboxylic acids is 1. The van der Waals surface area contributed by atoms with E-state index in [4.69, 9.17) is 16.0 Å². The highest BCUT2D eigenvalue weighted by Gasteiger charge is 2.41. The molecule has 27 heavy (non-hydrogen) atoms. The third kappa shape index (κ3) is 4.91. The predicted molar refractivity (Wildman–Crippen MR) is 109 cm³/mol. The van der Waals surface area contributed by atoms with Crippen LogP contribution in [-0.4, -0.2) is 36.9 Å². The zero-order valence-electron chi connectivity index (χ0n) is 17.1. The minimum Gasteiger partial charge on any atom is -0.412 e. The molecule has 2 rings (SSSR count). The molecule has 1 aromatic rings. The fourth-order valence-electron chi connectivity index (χ4n) is 3.24. The Hall–Kier alpha value is -0.953. The molecule has 152 valence electrons. The van der Waals surface area contributed by atoms with E-state index in [-0.39, 0.29) is 28.7 Å². The Labute approximate surface area is 167 Å². The molecule has 0 aromatic heterocycles. The van der Waals surface area contributed by atoms with Crippen molar-refractivity contribution in [1.29, 1.82) is 0 Å². The SMILES string of the molecule is C[C@@H](c1cc(F)cc(Cl)c1CO)N1CC(O[Si](C)(C)C(C)(C)C)CCC1=O. The zero-order valence-corrected chi connectivity index (χ0v) is 18.9. The van der Waals surface area contributed by atoms with Gasteiger partial charge in [-0.1, -0.05) is 32.4 Å². The monoisotopic (exact) mass is 415 g/mol. The van der Waals surface area contributed by atoms with E-state index in [0.717, 1.165) is 0 Å². The van der Waals surface area contributed by atoms with Crippen LogP contribution in [0.15, 0.2) is 12.1 Å². The van der Waals surface area contributed by atoms with E-state index in [1.807, 2.05) is 6.92 Å². The molecule has 1 heterocycles. The fourth-order valence-corrected chi connectivity index (χ4v) is 4.89. The lowest BCUT2D eigenvalue weighted by Crippen LogP contribution is -2.51. The molecule has 1 aromatic carbocycles. The first kappa shape index (κ1) is 22.3. The van der Waals surface area contributed by atoms with Crippen molar-refractivity contribution < 1.29 is 18.7 Å². The van der Waals surface area contributed by atoms with Gasteiger partial charge >= 0.3 is 0 Å². The van der Waals surface area contributed by atoms with Crippen molar-refractivity contribution in [3.63, 3.8) is 0 Å². The molecule has 2 atom stereocenters. The van der Waals surface area contributed by atoms with Gasteiger partial charge in [0.15, 0.2) is 8.32 Å². The normalized spacial score (nSPS) is 20.1. The van der Waals surface area contributed by atoms with E-state index in [2.05, 4.69) is 33.9 Å². The van der Waals surface area contributed by atoms with Crippen LogP contribution in [0.3, 0.4) is 0 Å². The van der Waals surface area contributed by atoms with Gasteiger partial charge < -0.3 is 14.4 Å². The lowest BCUT2D eigenvalue weighted by atomic mass is 9.97. The third-order valence-corrected chi connectivity index (χ3v) is 10.8. The van der Waals surface area contributed by atoms with Crippen molar-refractivity contribution in [2.75, 3.05) is 6.54 Å². The van der Waals surface area contributed by atoms with Crippen molar-refractivity contribution >= 4 is 25.8 Å². The lowest BCUT2D eigenvalue weighted by Gasteiger charge is -2.43. The maximum absolute atomic E-state index is 13.9. The van der Waals surface area contributed by atoms with Crippen LogP contribution < -0.4 is 0 Å². The van der Waals surface area contributed by atoms with E-state index in [9.17, 15) is 14.3 Å². The second-order valence-corrected chi connectivity index (χ2v) is 14.0. The van der Waals surface area contributed by atoms with E-state index in [1.165, 1.54) is 12.1 Å². The van der Waals surface area contributed by atoms with Crippen LogP contribution in [-0.2, 0) is 15.8 Å². The summed E-state index contributed by atoms with van der Waals surface area (Å²) < 4.78 is 20.4. The zero-order chi connectivity index (χ0) is 20.6. The van der Waals surface area contributed by atoms with Crippen LogP contribution >= 0.6 is 11.6 Å². The van der Waals surface area contributed by atoms with Crippen LogP contribution in [0.25, 0.3) is 0 Å². The first-order chi connectivity index (χ1) is 12.4. The van der Waals surface area contributed by atoms with E-state index < -0.39 is 20.2 Å². The topological polar surface area (TPSA) is 49.8 Å². The van der Waals surface area contributed by atoms with Crippen LogP contribution in [0.1, 0.15) is 57.7 Å². The molecule has 1 fully saturated rings. The van der Waals surface area contributed by atoms with Crippen molar-refractivity contribution in [1.82, 2.24) is 4.90 Å². The molecule has 7 heteroatoms. The minimum atomic E-state index is -1.95. The van der Waals surface area contributed by atoms with Gasteiger partial charge in [0, 0.05) is 23.6 Å². The van der Waals surface area contributed by atoms with Crippen LogP contribution in [0, 0.1) is 5.82 Å². The highest BCUT2D eigenvalue weighted by atomic mass is 35.5. The van der Waals surface area contributed by atoms with Gasteiger partial charge in [0.2, 0.25) is 5.91 Å². The predicted octanol–water partition coefficient (Wildman–Crippen LogP) is 5.05. The molecule has 1 saturated heterocycles. The number of aliphatic hydroxyl groups excluding tert-OH is 1. The number of benzene rings is 1. The van der Waals surface area contributed by atoms with Crippen molar-refractivity contribution in [2.24, 2.45) is 0 Å². The molecule has 0 radical (unpaired) electrons. The van der Waals surface area contributed by atoms with Gasteiger partial charge in [-0.25, -0.2) is 4.39 Å². The average molecular weight is 416 g/mol. The molecule has 0 spiro atoms. The Morgan fingerprint density at radius 2 is 2.04 bits per heavy atom. The van der Waals surface area contributed by atoms with Crippen LogP contribution in [0.4, 0.5) is 4.39 Å². The number of hydrogen-bond acceptors (Lipinski definition) is 3. The fraction of sp³-hybridized carbons (Fsp3) is 0.650. The highest BCUT2D eigenvalue weighted by molar-refractivity contribution is 6.74.